The zero-order valence-electron chi connectivity index (χ0n) is 11.7. The summed E-state index contributed by atoms with van der Waals surface area (Å²) in [4.78, 5) is 18.2. The molecule has 0 saturated carbocycles. The highest BCUT2D eigenvalue weighted by Crippen LogP contribution is 2.39. The van der Waals surface area contributed by atoms with E-state index in [4.69, 9.17) is 11.6 Å². The fourth-order valence-electron chi connectivity index (χ4n) is 2.42. The lowest BCUT2D eigenvalue weighted by molar-refractivity contribution is -0.128. The molecule has 1 atom stereocenters. The fraction of sp³-hybridized carbons (Fsp3) is 0.250. The number of carbonyl (C=O) groups excluding carboxylic acids is 1. The number of nitrogens with zero attached hydrogens (tertiary/aromatic N) is 2. The summed E-state index contributed by atoms with van der Waals surface area (Å²) in [6.07, 6.45) is 2.44. The van der Waals surface area contributed by atoms with Crippen LogP contribution in [0.2, 0.25) is 5.02 Å². The van der Waals surface area contributed by atoms with Crippen LogP contribution in [0.25, 0.3) is 0 Å². The van der Waals surface area contributed by atoms with Gasteiger partial charge in [0.25, 0.3) is 0 Å². The molecule has 1 aliphatic rings. The lowest BCUT2D eigenvalue weighted by Gasteiger charge is -2.24. The normalized spacial score (nSPS) is 18.0. The van der Waals surface area contributed by atoms with Crippen molar-refractivity contribution in [3.8, 4) is 0 Å². The second-order valence-electron chi connectivity index (χ2n) is 5.00. The number of benzene rings is 1. The monoisotopic (exact) mass is 336 g/mol. The molecule has 1 aromatic carbocycles. The molecular weight excluding hydrogens is 323 g/mol. The molecule has 0 spiro atoms. The number of halogens is 2. The van der Waals surface area contributed by atoms with Gasteiger partial charge in [0.1, 0.15) is 11.2 Å². The predicted octanol–water partition coefficient (Wildman–Crippen LogP) is 3.69. The third-order valence-corrected chi connectivity index (χ3v) is 5.08. The minimum Gasteiger partial charge on any atom is -0.325 e. The van der Waals surface area contributed by atoms with Gasteiger partial charge in [-0.25, -0.2) is 4.39 Å². The van der Waals surface area contributed by atoms with Gasteiger partial charge in [-0.3, -0.25) is 9.78 Å². The summed E-state index contributed by atoms with van der Waals surface area (Å²) in [6, 6.07) is 10.4. The van der Waals surface area contributed by atoms with Crippen LogP contribution in [-0.2, 0) is 11.2 Å². The van der Waals surface area contributed by atoms with E-state index in [0.29, 0.717) is 18.7 Å². The van der Waals surface area contributed by atoms with Gasteiger partial charge in [0, 0.05) is 24.9 Å². The third-order valence-electron chi connectivity index (χ3n) is 3.53. The SMILES string of the molecule is O=C1CSC(c2ccc(F)c(Cl)c2)N1CCc1ccccn1. The Morgan fingerprint density at radius 2 is 2.23 bits per heavy atom. The number of carbonyl (C=O) groups is 1. The topological polar surface area (TPSA) is 33.2 Å². The molecule has 2 heterocycles. The zero-order chi connectivity index (χ0) is 15.5. The average Bonchev–Trinajstić information content (AvgIpc) is 2.90. The molecule has 1 aliphatic heterocycles. The molecular formula is C16H14ClFN2OS. The molecule has 1 saturated heterocycles. The predicted molar refractivity (Wildman–Crippen MR) is 86.3 cm³/mol. The van der Waals surface area contributed by atoms with Crippen molar-refractivity contribution in [2.45, 2.75) is 11.8 Å². The van der Waals surface area contributed by atoms with E-state index in [2.05, 4.69) is 4.98 Å². The number of amides is 1. The Bertz CT molecular complexity index is 683. The molecule has 0 bridgehead atoms. The standard InChI is InChI=1S/C16H14ClFN2OS/c17-13-9-11(4-5-14(13)18)16-20(15(21)10-22-16)8-6-12-3-1-2-7-19-12/h1-5,7,9,16H,6,8,10H2. The molecule has 3 nitrogen and oxygen atoms in total. The minimum atomic E-state index is -0.445. The van der Waals surface area contributed by atoms with Crippen LogP contribution < -0.4 is 0 Å². The van der Waals surface area contributed by atoms with E-state index in [1.54, 1.807) is 18.3 Å². The average molecular weight is 337 g/mol. The molecule has 6 heteroatoms. The van der Waals surface area contributed by atoms with Crippen molar-refractivity contribution in [2.24, 2.45) is 0 Å². The van der Waals surface area contributed by atoms with E-state index in [1.807, 2.05) is 23.1 Å². The van der Waals surface area contributed by atoms with E-state index in [0.717, 1.165) is 11.3 Å². The zero-order valence-corrected chi connectivity index (χ0v) is 13.3. The molecule has 1 amide bonds. The maximum absolute atomic E-state index is 13.3. The van der Waals surface area contributed by atoms with Gasteiger partial charge in [0.15, 0.2) is 0 Å². The Morgan fingerprint density at radius 3 is 2.95 bits per heavy atom. The van der Waals surface area contributed by atoms with Gasteiger partial charge in [0.2, 0.25) is 5.91 Å². The Labute approximate surface area is 137 Å². The smallest absolute Gasteiger partial charge is 0.233 e. The molecule has 1 fully saturated rings. The first kappa shape index (κ1) is 15.3. The van der Waals surface area contributed by atoms with Crippen LogP contribution in [0, 0.1) is 5.82 Å². The van der Waals surface area contributed by atoms with Gasteiger partial charge >= 0.3 is 0 Å². The van der Waals surface area contributed by atoms with Crippen molar-refractivity contribution in [1.29, 1.82) is 0 Å². The van der Waals surface area contributed by atoms with Gasteiger partial charge in [-0.2, -0.15) is 0 Å². The van der Waals surface area contributed by atoms with Crippen molar-refractivity contribution in [2.75, 3.05) is 12.3 Å². The van der Waals surface area contributed by atoms with E-state index in [-0.39, 0.29) is 16.3 Å². The summed E-state index contributed by atoms with van der Waals surface area (Å²) >= 11 is 7.39. The number of rotatable bonds is 4. The van der Waals surface area contributed by atoms with Crippen molar-refractivity contribution >= 4 is 29.3 Å². The van der Waals surface area contributed by atoms with Crippen LogP contribution in [0.4, 0.5) is 4.39 Å². The Kier molecular flexibility index (Phi) is 4.64. The quantitative estimate of drug-likeness (QED) is 0.853. The van der Waals surface area contributed by atoms with Crippen molar-refractivity contribution in [3.63, 3.8) is 0 Å². The second kappa shape index (κ2) is 6.67. The van der Waals surface area contributed by atoms with E-state index >= 15 is 0 Å². The molecule has 0 radical (unpaired) electrons. The first-order chi connectivity index (χ1) is 10.6. The molecule has 0 N–H and O–H groups in total. The maximum Gasteiger partial charge on any atom is 0.233 e. The first-order valence-electron chi connectivity index (χ1n) is 6.91. The minimum absolute atomic E-state index is 0.0853. The van der Waals surface area contributed by atoms with Gasteiger partial charge < -0.3 is 4.90 Å². The maximum atomic E-state index is 13.3. The molecule has 114 valence electrons. The number of pyridine rings is 1. The Morgan fingerprint density at radius 1 is 1.36 bits per heavy atom. The van der Waals surface area contributed by atoms with Crippen molar-refractivity contribution in [1.82, 2.24) is 9.88 Å². The largest absolute Gasteiger partial charge is 0.325 e. The van der Waals surface area contributed by atoms with Gasteiger partial charge in [-0.15, -0.1) is 11.8 Å². The lowest BCUT2D eigenvalue weighted by atomic mass is 10.2. The molecule has 2 aromatic rings. The first-order valence-corrected chi connectivity index (χ1v) is 8.34. The molecule has 1 aromatic heterocycles. The molecule has 1 unspecified atom stereocenters. The van der Waals surface area contributed by atoms with Crippen LogP contribution in [0.1, 0.15) is 16.6 Å². The van der Waals surface area contributed by atoms with Gasteiger partial charge in [-0.1, -0.05) is 23.7 Å². The van der Waals surface area contributed by atoms with Crippen molar-refractivity contribution in [3.05, 3.63) is 64.7 Å². The summed E-state index contributed by atoms with van der Waals surface area (Å²) in [5.74, 6) is 0.0770. The molecule has 22 heavy (non-hydrogen) atoms. The molecule has 3 rings (SSSR count). The van der Waals surface area contributed by atoms with Gasteiger partial charge in [0.05, 0.1) is 10.8 Å². The highest BCUT2D eigenvalue weighted by atomic mass is 35.5. The van der Waals surface area contributed by atoms with Gasteiger partial charge in [-0.05, 0) is 29.8 Å². The number of aromatic nitrogens is 1. The van der Waals surface area contributed by atoms with Crippen LogP contribution in [0.3, 0.4) is 0 Å². The van der Waals surface area contributed by atoms with E-state index < -0.39 is 5.82 Å². The van der Waals surface area contributed by atoms with Crippen LogP contribution in [0.5, 0.6) is 0 Å². The summed E-state index contributed by atoms with van der Waals surface area (Å²) in [5, 5.41) is -0.0311. The summed E-state index contributed by atoms with van der Waals surface area (Å²) in [5.41, 5.74) is 1.80. The van der Waals surface area contributed by atoms with E-state index in [1.165, 1.54) is 17.8 Å². The summed E-state index contributed by atoms with van der Waals surface area (Å²) < 4.78 is 13.3. The summed E-state index contributed by atoms with van der Waals surface area (Å²) in [6.45, 7) is 0.586. The van der Waals surface area contributed by atoms with Crippen molar-refractivity contribution < 1.29 is 9.18 Å². The number of hydrogen-bond donors (Lipinski definition) is 0. The van der Waals surface area contributed by atoms with Crippen LogP contribution in [-0.4, -0.2) is 28.1 Å². The Hall–Kier alpha value is -1.59. The Balaban J connectivity index is 1.75. The highest BCUT2D eigenvalue weighted by Gasteiger charge is 2.32. The highest BCUT2D eigenvalue weighted by molar-refractivity contribution is 8.00. The summed E-state index contributed by atoms with van der Waals surface area (Å²) in [7, 11) is 0. The van der Waals surface area contributed by atoms with Crippen LogP contribution >= 0.6 is 23.4 Å². The third kappa shape index (κ3) is 3.25. The lowest BCUT2D eigenvalue weighted by Crippen LogP contribution is -2.30. The number of hydrogen-bond acceptors (Lipinski definition) is 3. The number of thioether (sulfide) groups is 1. The fourth-order valence-corrected chi connectivity index (χ4v) is 3.82. The second-order valence-corrected chi connectivity index (χ2v) is 6.47. The van der Waals surface area contributed by atoms with Crippen LogP contribution in [0.15, 0.2) is 42.6 Å². The molecule has 0 aliphatic carbocycles. The van der Waals surface area contributed by atoms with E-state index in [9.17, 15) is 9.18 Å².